The van der Waals surface area contributed by atoms with Gasteiger partial charge in [0, 0.05) is 19.3 Å². The lowest BCUT2D eigenvalue weighted by Gasteiger charge is -2.36. The van der Waals surface area contributed by atoms with Gasteiger partial charge in [-0.15, -0.1) is 0 Å². The van der Waals surface area contributed by atoms with Gasteiger partial charge < -0.3 is 10.1 Å². The van der Waals surface area contributed by atoms with Gasteiger partial charge >= 0.3 is 0 Å². The Kier molecular flexibility index (Phi) is 5.97. The van der Waals surface area contributed by atoms with Gasteiger partial charge in [-0.3, -0.25) is 0 Å². The van der Waals surface area contributed by atoms with Crippen molar-refractivity contribution in [2.45, 2.75) is 64.8 Å². The van der Waals surface area contributed by atoms with E-state index in [1.165, 1.54) is 44.9 Å². The summed E-state index contributed by atoms with van der Waals surface area (Å²) in [6.45, 7) is 7.79. The van der Waals surface area contributed by atoms with E-state index in [9.17, 15) is 0 Å². The third kappa shape index (κ3) is 4.24. The predicted molar refractivity (Wildman–Crippen MR) is 76.7 cm³/mol. The second-order valence-corrected chi connectivity index (χ2v) is 6.49. The fourth-order valence-corrected chi connectivity index (χ4v) is 3.89. The van der Waals surface area contributed by atoms with Crippen LogP contribution in [0.2, 0.25) is 0 Å². The first-order valence-electron chi connectivity index (χ1n) is 8.10. The fourth-order valence-electron chi connectivity index (χ4n) is 3.89. The maximum atomic E-state index is 5.48. The standard InChI is InChI=1S/C16H31NO/c1-3-17-16(12-14-7-9-18-10-8-14)15-6-4-5-13(2)11-15/h13-17H,3-12H2,1-2H3. The van der Waals surface area contributed by atoms with Crippen molar-refractivity contribution in [1.29, 1.82) is 0 Å². The molecule has 0 radical (unpaired) electrons. The van der Waals surface area contributed by atoms with E-state index in [0.29, 0.717) is 0 Å². The SMILES string of the molecule is CCNC(CC1CCOCC1)C1CCCC(C)C1. The molecule has 0 aromatic carbocycles. The van der Waals surface area contributed by atoms with Crippen LogP contribution in [-0.2, 0) is 4.74 Å². The summed E-state index contributed by atoms with van der Waals surface area (Å²) in [6, 6.07) is 0.765. The van der Waals surface area contributed by atoms with Crippen molar-refractivity contribution < 1.29 is 4.74 Å². The lowest BCUT2D eigenvalue weighted by atomic mass is 9.75. The molecule has 3 atom stereocenters. The molecule has 2 rings (SSSR count). The first-order valence-corrected chi connectivity index (χ1v) is 8.10. The molecule has 2 nitrogen and oxygen atoms in total. The molecule has 2 heteroatoms. The number of nitrogens with one attached hydrogen (secondary N) is 1. The Balaban J connectivity index is 1.85. The number of rotatable bonds is 5. The minimum Gasteiger partial charge on any atom is -0.381 e. The third-order valence-corrected chi connectivity index (χ3v) is 4.94. The molecule has 0 aromatic rings. The molecule has 1 saturated heterocycles. The minimum absolute atomic E-state index is 0.765. The highest BCUT2D eigenvalue weighted by Gasteiger charge is 2.28. The molecule has 1 saturated carbocycles. The summed E-state index contributed by atoms with van der Waals surface area (Å²) in [5, 5.41) is 3.78. The summed E-state index contributed by atoms with van der Waals surface area (Å²) in [4.78, 5) is 0. The summed E-state index contributed by atoms with van der Waals surface area (Å²) in [6.07, 6.45) is 9.74. The van der Waals surface area contributed by atoms with E-state index < -0.39 is 0 Å². The molecule has 1 aliphatic heterocycles. The van der Waals surface area contributed by atoms with Crippen molar-refractivity contribution in [1.82, 2.24) is 5.32 Å². The van der Waals surface area contributed by atoms with Gasteiger partial charge in [-0.1, -0.05) is 26.7 Å². The Bertz CT molecular complexity index is 225. The minimum atomic E-state index is 0.765. The molecular formula is C16H31NO. The summed E-state index contributed by atoms with van der Waals surface area (Å²) in [5.74, 6) is 2.77. The smallest absolute Gasteiger partial charge is 0.0468 e. The summed E-state index contributed by atoms with van der Waals surface area (Å²) in [7, 11) is 0. The maximum Gasteiger partial charge on any atom is 0.0468 e. The lowest BCUT2D eigenvalue weighted by Crippen LogP contribution is -2.40. The molecule has 1 heterocycles. The van der Waals surface area contributed by atoms with Crippen LogP contribution in [0.25, 0.3) is 0 Å². The van der Waals surface area contributed by atoms with Crippen LogP contribution >= 0.6 is 0 Å². The van der Waals surface area contributed by atoms with Crippen LogP contribution < -0.4 is 5.32 Å². The molecule has 3 unspecified atom stereocenters. The monoisotopic (exact) mass is 253 g/mol. The molecule has 0 bridgehead atoms. The molecule has 18 heavy (non-hydrogen) atoms. The molecule has 0 spiro atoms. The van der Waals surface area contributed by atoms with Crippen molar-refractivity contribution in [2.75, 3.05) is 19.8 Å². The Morgan fingerprint density at radius 2 is 1.94 bits per heavy atom. The van der Waals surface area contributed by atoms with Gasteiger partial charge in [-0.05, 0) is 56.4 Å². The van der Waals surface area contributed by atoms with Gasteiger partial charge in [0.1, 0.15) is 0 Å². The van der Waals surface area contributed by atoms with Gasteiger partial charge in [0.2, 0.25) is 0 Å². The van der Waals surface area contributed by atoms with E-state index in [-0.39, 0.29) is 0 Å². The average Bonchev–Trinajstić information content (AvgIpc) is 2.39. The van der Waals surface area contributed by atoms with Crippen molar-refractivity contribution in [2.24, 2.45) is 17.8 Å². The second kappa shape index (κ2) is 7.49. The van der Waals surface area contributed by atoms with Crippen LogP contribution in [0.5, 0.6) is 0 Å². The van der Waals surface area contributed by atoms with E-state index in [1.807, 2.05) is 0 Å². The maximum absolute atomic E-state index is 5.48. The van der Waals surface area contributed by atoms with Crippen LogP contribution in [0.1, 0.15) is 58.8 Å². The highest BCUT2D eigenvalue weighted by molar-refractivity contribution is 4.83. The number of ether oxygens (including phenoxy) is 1. The number of hydrogen-bond acceptors (Lipinski definition) is 2. The van der Waals surface area contributed by atoms with E-state index in [1.54, 1.807) is 0 Å². The molecule has 2 fully saturated rings. The van der Waals surface area contributed by atoms with Crippen LogP contribution in [0.15, 0.2) is 0 Å². The Morgan fingerprint density at radius 1 is 1.17 bits per heavy atom. The van der Waals surface area contributed by atoms with E-state index >= 15 is 0 Å². The van der Waals surface area contributed by atoms with Gasteiger partial charge in [0.05, 0.1) is 0 Å². The van der Waals surface area contributed by atoms with Gasteiger partial charge in [-0.2, -0.15) is 0 Å². The first kappa shape index (κ1) is 14.3. The Labute approximate surface area is 113 Å². The molecule has 1 aliphatic carbocycles. The predicted octanol–water partition coefficient (Wildman–Crippen LogP) is 3.61. The van der Waals surface area contributed by atoms with Gasteiger partial charge in [0.25, 0.3) is 0 Å². The van der Waals surface area contributed by atoms with Crippen molar-refractivity contribution in [3.63, 3.8) is 0 Å². The zero-order valence-corrected chi connectivity index (χ0v) is 12.3. The molecule has 0 amide bonds. The molecule has 1 N–H and O–H groups in total. The van der Waals surface area contributed by atoms with Crippen LogP contribution in [-0.4, -0.2) is 25.8 Å². The molecule has 2 aliphatic rings. The summed E-state index contributed by atoms with van der Waals surface area (Å²) in [5.41, 5.74) is 0. The molecule has 0 aromatic heterocycles. The normalized spacial score (nSPS) is 32.3. The largest absolute Gasteiger partial charge is 0.381 e. The average molecular weight is 253 g/mol. The molecular weight excluding hydrogens is 222 g/mol. The van der Waals surface area contributed by atoms with E-state index in [0.717, 1.165) is 43.6 Å². The third-order valence-electron chi connectivity index (χ3n) is 4.94. The Hall–Kier alpha value is -0.0800. The Morgan fingerprint density at radius 3 is 2.61 bits per heavy atom. The van der Waals surface area contributed by atoms with Crippen molar-refractivity contribution in [3.05, 3.63) is 0 Å². The fraction of sp³-hybridized carbons (Fsp3) is 1.00. The van der Waals surface area contributed by atoms with E-state index in [2.05, 4.69) is 19.2 Å². The zero-order valence-electron chi connectivity index (χ0n) is 12.3. The van der Waals surface area contributed by atoms with Crippen LogP contribution in [0.3, 0.4) is 0 Å². The van der Waals surface area contributed by atoms with Crippen molar-refractivity contribution in [3.8, 4) is 0 Å². The summed E-state index contributed by atoms with van der Waals surface area (Å²) < 4.78 is 5.48. The van der Waals surface area contributed by atoms with Crippen molar-refractivity contribution >= 4 is 0 Å². The first-order chi connectivity index (χ1) is 8.79. The highest BCUT2D eigenvalue weighted by Crippen LogP contribution is 2.34. The lowest BCUT2D eigenvalue weighted by molar-refractivity contribution is 0.0556. The second-order valence-electron chi connectivity index (χ2n) is 6.49. The number of hydrogen-bond donors (Lipinski definition) is 1. The highest BCUT2D eigenvalue weighted by atomic mass is 16.5. The van der Waals surface area contributed by atoms with Gasteiger partial charge in [-0.25, -0.2) is 0 Å². The topological polar surface area (TPSA) is 21.3 Å². The van der Waals surface area contributed by atoms with Crippen LogP contribution in [0, 0.1) is 17.8 Å². The van der Waals surface area contributed by atoms with Crippen LogP contribution in [0.4, 0.5) is 0 Å². The van der Waals surface area contributed by atoms with E-state index in [4.69, 9.17) is 4.74 Å². The quantitative estimate of drug-likeness (QED) is 0.808. The zero-order chi connectivity index (χ0) is 12.8. The molecule has 106 valence electrons. The van der Waals surface area contributed by atoms with Gasteiger partial charge in [0.15, 0.2) is 0 Å². The summed E-state index contributed by atoms with van der Waals surface area (Å²) >= 11 is 0.